The van der Waals surface area contributed by atoms with Crippen molar-refractivity contribution in [2.75, 3.05) is 40.3 Å². The standard InChI is InChI=1S/C13H20BrClN2O.C2H2O4/c1-10-8-11(15)9-12(14)13(10)18-7-5-16-4-6-17(2)3;3-1(4)2(5)6/h8-9,16H,4-7H2,1-3H3;(H,3,4)(H,5,6). The first kappa shape index (κ1) is 22.6. The summed E-state index contributed by atoms with van der Waals surface area (Å²) in [7, 11) is 4.12. The van der Waals surface area contributed by atoms with Gasteiger partial charge < -0.3 is 25.2 Å². The molecule has 9 heteroatoms. The van der Waals surface area contributed by atoms with Crippen LogP contribution in [0.1, 0.15) is 5.56 Å². The van der Waals surface area contributed by atoms with Crippen molar-refractivity contribution in [2.24, 2.45) is 0 Å². The smallest absolute Gasteiger partial charge is 0.414 e. The number of aliphatic carboxylic acids is 2. The Bertz CT molecular complexity index is 520. The average molecular weight is 426 g/mol. The summed E-state index contributed by atoms with van der Waals surface area (Å²) in [4.78, 5) is 20.3. The Morgan fingerprint density at radius 2 is 1.83 bits per heavy atom. The Morgan fingerprint density at radius 1 is 1.25 bits per heavy atom. The molecular weight excluding hydrogens is 404 g/mol. The van der Waals surface area contributed by atoms with E-state index in [-0.39, 0.29) is 0 Å². The zero-order valence-corrected chi connectivity index (χ0v) is 16.1. The van der Waals surface area contributed by atoms with Crippen molar-refractivity contribution >= 4 is 39.5 Å². The first-order chi connectivity index (χ1) is 11.1. The molecule has 1 aromatic carbocycles. The number of rotatable bonds is 7. The van der Waals surface area contributed by atoms with Gasteiger partial charge >= 0.3 is 11.9 Å². The van der Waals surface area contributed by atoms with Gasteiger partial charge in [0.2, 0.25) is 0 Å². The fraction of sp³-hybridized carbons (Fsp3) is 0.467. The van der Waals surface area contributed by atoms with E-state index < -0.39 is 11.9 Å². The van der Waals surface area contributed by atoms with Crippen LogP contribution in [0, 0.1) is 6.92 Å². The van der Waals surface area contributed by atoms with Gasteiger partial charge in [-0.3, -0.25) is 0 Å². The van der Waals surface area contributed by atoms with Crippen molar-refractivity contribution < 1.29 is 24.5 Å². The maximum atomic E-state index is 9.10. The highest BCUT2D eigenvalue weighted by atomic mass is 79.9. The van der Waals surface area contributed by atoms with Gasteiger partial charge in [0.1, 0.15) is 12.4 Å². The molecule has 0 bridgehead atoms. The van der Waals surface area contributed by atoms with E-state index in [0.717, 1.165) is 40.4 Å². The molecule has 7 nitrogen and oxygen atoms in total. The maximum Gasteiger partial charge on any atom is 0.414 e. The molecule has 0 radical (unpaired) electrons. The second-order valence-corrected chi connectivity index (χ2v) is 6.34. The minimum absolute atomic E-state index is 0.647. The topological polar surface area (TPSA) is 99.1 Å². The van der Waals surface area contributed by atoms with Gasteiger partial charge in [0.15, 0.2) is 0 Å². The Hall–Kier alpha value is -1.35. The fourth-order valence-corrected chi connectivity index (χ4v) is 2.60. The van der Waals surface area contributed by atoms with Crippen LogP contribution in [0.5, 0.6) is 5.75 Å². The second-order valence-electron chi connectivity index (χ2n) is 5.05. The molecule has 24 heavy (non-hydrogen) atoms. The normalized spacial score (nSPS) is 10.1. The number of nitrogens with one attached hydrogen (secondary N) is 1. The van der Waals surface area contributed by atoms with Crippen LogP contribution in [0.15, 0.2) is 16.6 Å². The third kappa shape index (κ3) is 10.4. The first-order valence-electron chi connectivity index (χ1n) is 7.05. The highest BCUT2D eigenvalue weighted by Crippen LogP contribution is 2.31. The zero-order valence-electron chi connectivity index (χ0n) is 13.8. The molecule has 0 atom stereocenters. The van der Waals surface area contributed by atoms with E-state index in [9.17, 15) is 0 Å². The lowest BCUT2D eigenvalue weighted by Crippen LogP contribution is -2.29. The van der Waals surface area contributed by atoms with Crippen LogP contribution in [0.2, 0.25) is 5.02 Å². The largest absolute Gasteiger partial charge is 0.491 e. The fourth-order valence-electron chi connectivity index (χ4n) is 1.52. The minimum atomic E-state index is -1.82. The van der Waals surface area contributed by atoms with Crippen molar-refractivity contribution in [3.8, 4) is 5.75 Å². The number of nitrogens with zero attached hydrogens (tertiary/aromatic N) is 1. The SMILES string of the molecule is Cc1cc(Cl)cc(Br)c1OCCNCCN(C)C.O=C(O)C(=O)O. The summed E-state index contributed by atoms with van der Waals surface area (Å²) >= 11 is 9.42. The van der Waals surface area contributed by atoms with E-state index in [2.05, 4.69) is 40.2 Å². The molecule has 0 heterocycles. The lowest BCUT2D eigenvalue weighted by atomic mass is 10.2. The summed E-state index contributed by atoms with van der Waals surface area (Å²) in [5.74, 6) is -2.78. The average Bonchev–Trinajstić information content (AvgIpc) is 2.44. The van der Waals surface area contributed by atoms with Crippen molar-refractivity contribution in [3.63, 3.8) is 0 Å². The molecule has 3 N–H and O–H groups in total. The number of halogens is 2. The number of benzene rings is 1. The molecule has 0 saturated carbocycles. The van der Waals surface area contributed by atoms with Crippen LogP contribution in [-0.4, -0.2) is 67.4 Å². The number of carbonyl (C=O) groups is 2. The van der Waals surface area contributed by atoms with Crippen molar-refractivity contribution in [1.29, 1.82) is 0 Å². The second kappa shape index (κ2) is 12.1. The molecule has 0 aliphatic heterocycles. The Kier molecular flexibility index (Phi) is 11.4. The van der Waals surface area contributed by atoms with Crippen LogP contribution in [0.4, 0.5) is 0 Å². The summed E-state index contributed by atoms with van der Waals surface area (Å²) in [6.07, 6.45) is 0. The van der Waals surface area contributed by atoms with Gasteiger partial charge in [-0.25, -0.2) is 9.59 Å². The number of hydrogen-bond donors (Lipinski definition) is 3. The van der Waals surface area contributed by atoms with Gasteiger partial charge in [0.25, 0.3) is 0 Å². The molecule has 0 aliphatic rings. The molecule has 0 fully saturated rings. The predicted molar refractivity (Wildman–Crippen MR) is 96.1 cm³/mol. The van der Waals surface area contributed by atoms with Crippen LogP contribution in [0.25, 0.3) is 0 Å². The molecule has 1 aromatic rings. The van der Waals surface area contributed by atoms with Crippen LogP contribution >= 0.6 is 27.5 Å². The third-order valence-corrected chi connectivity index (χ3v) is 3.45. The first-order valence-corrected chi connectivity index (χ1v) is 8.22. The number of likely N-dealkylation sites (N-methyl/N-ethyl adjacent to an activating group) is 1. The predicted octanol–water partition coefficient (Wildman–Crippen LogP) is 2.10. The molecule has 0 aromatic heterocycles. The minimum Gasteiger partial charge on any atom is -0.491 e. The molecule has 0 amide bonds. The van der Waals surface area contributed by atoms with Crippen LogP contribution in [-0.2, 0) is 9.59 Å². The van der Waals surface area contributed by atoms with E-state index >= 15 is 0 Å². The number of aryl methyl sites for hydroxylation is 1. The molecular formula is C15H22BrClN2O5. The monoisotopic (exact) mass is 424 g/mol. The zero-order chi connectivity index (χ0) is 18.7. The number of hydrogen-bond acceptors (Lipinski definition) is 5. The van der Waals surface area contributed by atoms with Gasteiger partial charge in [-0.1, -0.05) is 11.6 Å². The van der Waals surface area contributed by atoms with Gasteiger partial charge in [-0.2, -0.15) is 0 Å². The van der Waals surface area contributed by atoms with Crippen molar-refractivity contribution in [3.05, 3.63) is 27.2 Å². The Morgan fingerprint density at radius 3 is 2.29 bits per heavy atom. The van der Waals surface area contributed by atoms with E-state index in [4.69, 9.17) is 36.1 Å². The van der Waals surface area contributed by atoms with Crippen molar-refractivity contribution in [1.82, 2.24) is 10.2 Å². The molecule has 0 aliphatic carbocycles. The van der Waals surface area contributed by atoms with Gasteiger partial charge in [-0.15, -0.1) is 0 Å². The van der Waals surface area contributed by atoms with E-state index in [1.165, 1.54) is 0 Å². The van der Waals surface area contributed by atoms with E-state index in [1.807, 2.05) is 19.1 Å². The molecule has 1 rings (SSSR count). The van der Waals surface area contributed by atoms with E-state index in [1.54, 1.807) is 0 Å². The van der Waals surface area contributed by atoms with Crippen molar-refractivity contribution in [2.45, 2.75) is 6.92 Å². The summed E-state index contributed by atoms with van der Waals surface area (Å²) < 4.78 is 6.65. The number of carboxylic acid groups (broad SMARTS) is 2. The van der Waals surface area contributed by atoms with E-state index in [0.29, 0.717) is 6.61 Å². The third-order valence-electron chi connectivity index (χ3n) is 2.64. The van der Waals surface area contributed by atoms with Gasteiger partial charge in [-0.05, 0) is 54.6 Å². The Balaban J connectivity index is 0.000000754. The molecule has 0 unspecified atom stereocenters. The van der Waals surface area contributed by atoms with Crippen LogP contribution < -0.4 is 10.1 Å². The molecule has 0 saturated heterocycles. The lowest BCUT2D eigenvalue weighted by molar-refractivity contribution is -0.159. The highest BCUT2D eigenvalue weighted by Gasteiger charge is 2.06. The summed E-state index contributed by atoms with van der Waals surface area (Å²) in [6.45, 7) is 5.48. The number of ether oxygens (including phenoxy) is 1. The van der Waals surface area contributed by atoms with Gasteiger partial charge in [0.05, 0.1) is 4.47 Å². The summed E-state index contributed by atoms with van der Waals surface area (Å²) in [5, 5.41) is 18.8. The van der Waals surface area contributed by atoms with Gasteiger partial charge in [0, 0.05) is 24.7 Å². The maximum absolute atomic E-state index is 9.10. The Labute approximate surface area is 154 Å². The summed E-state index contributed by atoms with van der Waals surface area (Å²) in [6, 6.07) is 3.75. The lowest BCUT2D eigenvalue weighted by Gasteiger charge is -2.13. The number of carboxylic acids is 2. The molecule has 0 spiro atoms. The molecule has 136 valence electrons. The quantitative estimate of drug-likeness (QED) is 0.454. The summed E-state index contributed by atoms with van der Waals surface area (Å²) in [5.41, 5.74) is 1.04. The highest BCUT2D eigenvalue weighted by molar-refractivity contribution is 9.10. The van der Waals surface area contributed by atoms with Crippen LogP contribution in [0.3, 0.4) is 0 Å².